The molecule has 0 heterocycles. The summed E-state index contributed by atoms with van der Waals surface area (Å²) < 4.78 is 1.86. The second-order valence-corrected chi connectivity index (χ2v) is 7.87. The van der Waals surface area contributed by atoms with Crippen molar-refractivity contribution in [1.82, 2.24) is 5.32 Å². The molecule has 5 heteroatoms. The van der Waals surface area contributed by atoms with E-state index in [0.717, 1.165) is 8.04 Å². The Morgan fingerprint density at radius 1 is 1.47 bits per heavy atom. The molecule has 0 radical (unpaired) electrons. The fourth-order valence-electron chi connectivity index (χ4n) is 1.13. The maximum absolute atomic E-state index is 12.2. The Kier molecular flexibility index (Phi) is 5.46. The first-order chi connectivity index (χ1) is 7.74. The van der Waals surface area contributed by atoms with E-state index in [0.29, 0.717) is 5.56 Å². The van der Waals surface area contributed by atoms with Crippen molar-refractivity contribution < 1.29 is 4.79 Å². The zero-order valence-corrected chi connectivity index (χ0v) is 15.2. The number of hydrogen-bond acceptors (Lipinski definition) is 1. The lowest BCUT2D eigenvalue weighted by atomic mass is 10.0. The topological polar surface area (TPSA) is 29.1 Å². The Bertz CT molecular complexity index is 433. The van der Waals surface area contributed by atoms with Crippen molar-refractivity contribution in [3.05, 3.63) is 31.8 Å². The third-order valence-electron chi connectivity index (χ3n) is 2.60. The van der Waals surface area contributed by atoms with E-state index < -0.39 is 0 Å². The van der Waals surface area contributed by atoms with Crippen molar-refractivity contribution in [1.29, 1.82) is 0 Å². The third-order valence-corrected chi connectivity index (χ3v) is 5.18. The Morgan fingerprint density at radius 2 is 2.06 bits per heavy atom. The average Bonchev–Trinajstić information content (AvgIpc) is 2.20. The largest absolute Gasteiger partial charge is 0.346 e. The quantitative estimate of drug-likeness (QED) is 0.512. The molecule has 1 rings (SSSR count). The van der Waals surface area contributed by atoms with E-state index in [-0.39, 0.29) is 16.3 Å². The molecule has 0 spiro atoms. The van der Waals surface area contributed by atoms with Crippen molar-refractivity contribution in [3.63, 3.8) is 0 Å². The molecule has 0 aromatic heterocycles. The molecule has 94 valence electrons. The van der Waals surface area contributed by atoms with Gasteiger partial charge in [-0.2, -0.15) is 0 Å². The number of rotatable bonds is 3. The standard InChI is InChI=1S/C12H14Br2INO/c1-7(13)12(2,3)16-11(17)9-6-8(14)4-5-10(9)15/h4-7H,1-3H3,(H,16,17). The number of nitrogens with one attached hydrogen (secondary N) is 1. The van der Waals surface area contributed by atoms with Crippen LogP contribution in [0, 0.1) is 3.57 Å². The van der Waals surface area contributed by atoms with Crippen molar-refractivity contribution in [2.45, 2.75) is 31.1 Å². The van der Waals surface area contributed by atoms with Crippen LogP contribution in [-0.4, -0.2) is 16.3 Å². The number of alkyl halides is 1. The minimum atomic E-state index is -0.289. The van der Waals surface area contributed by atoms with Crippen molar-refractivity contribution in [3.8, 4) is 0 Å². The SMILES string of the molecule is CC(Br)C(C)(C)NC(=O)c1cc(Br)ccc1I. The zero-order chi connectivity index (χ0) is 13.2. The number of halogens is 3. The Morgan fingerprint density at radius 3 is 2.59 bits per heavy atom. The summed E-state index contributed by atoms with van der Waals surface area (Å²) in [4.78, 5) is 12.4. The van der Waals surface area contributed by atoms with Crippen molar-refractivity contribution >= 4 is 60.4 Å². The van der Waals surface area contributed by atoms with Gasteiger partial charge in [-0.1, -0.05) is 38.8 Å². The van der Waals surface area contributed by atoms with Crippen LogP contribution in [0.25, 0.3) is 0 Å². The summed E-state index contributed by atoms with van der Waals surface area (Å²) >= 11 is 9.05. The highest BCUT2D eigenvalue weighted by Gasteiger charge is 2.26. The smallest absolute Gasteiger partial charge is 0.252 e. The summed E-state index contributed by atoms with van der Waals surface area (Å²) in [6, 6.07) is 5.69. The first-order valence-corrected chi connectivity index (χ1v) is 7.94. The lowest BCUT2D eigenvalue weighted by Gasteiger charge is -2.29. The molecular formula is C12H14Br2INO. The van der Waals surface area contributed by atoms with Gasteiger partial charge in [0.15, 0.2) is 0 Å². The highest BCUT2D eigenvalue weighted by Crippen LogP contribution is 2.21. The van der Waals surface area contributed by atoms with Gasteiger partial charge in [-0.05, 0) is 54.6 Å². The van der Waals surface area contributed by atoms with Crippen LogP contribution < -0.4 is 5.32 Å². The molecule has 0 bridgehead atoms. The number of benzene rings is 1. The van der Waals surface area contributed by atoms with Gasteiger partial charge in [-0.3, -0.25) is 4.79 Å². The van der Waals surface area contributed by atoms with Gasteiger partial charge in [-0.25, -0.2) is 0 Å². The molecule has 1 aromatic carbocycles. The van der Waals surface area contributed by atoms with Gasteiger partial charge < -0.3 is 5.32 Å². The molecule has 1 aromatic rings. The van der Waals surface area contributed by atoms with Gasteiger partial charge in [0, 0.05) is 18.4 Å². The molecule has 2 nitrogen and oxygen atoms in total. The second-order valence-electron chi connectivity index (χ2n) is 4.42. The molecule has 1 N–H and O–H groups in total. The molecule has 0 aliphatic heterocycles. The van der Waals surface area contributed by atoms with E-state index >= 15 is 0 Å². The summed E-state index contributed by atoms with van der Waals surface area (Å²) in [5, 5.41) is 3.03. The van der Waals surface area contributed by atoms with Crippen LogP contribution in [-0.2, 0) is 0 Å². The fraction of sp³-hybridized carbons (Fsp3) is 0.417. The van der Waals surface area contributed by atoms with E-state index in [1.807, 2.05) is 39.0 Å². The van der Waals surface area contributed by atoms with Crippen LogP contribution in [0.2, 0.25) is 0 Å². The lowest BCUT2D eigenvalue weighted by molar-refractivity contribution is 0.0913. The van der Waals surface area contributed by atoms with Crippen LogP contribution in [0.1, 0.15) is 31.1 Å². The molecular weight excluding hydrogens is 461 g/mol. The number of carbonyl (C=O) groups is 1. The summed E-state index contributed by atoms with van der Waals surface area (Å²) in [5.74, 6) is -0.0491. The van der Waals surface area contributed by atoms with Crippen LogP contribution in [0.15, 0.2) is 22.7 Å². The highest BCUT2D eigenvalue weighted by molar-refractivity contribution is 14.1. The van der Waals surface area contributed by atoms with Gasteiger partial charge >= 0.3 is 0 Å². The van der Waals surface area contributed by atoms with Crippen molar-refractivity contribution in [2.24, 2.45) is 0 Å². The fourth-order valence-corrected chi connectivity index (χ4v) is 2.19. The maximum Gasteiger partial charge on any atom is 0.252 e. The van der Waals surface area contributed by atoms with E-state index in [1.54, 1.807) is 0 Å². The third kappa shape index (κ3) is 4.21. The predicted octanol–water partition coefficient (Wildman–Crippen LogP) is 4.35. The van der Waals surface area contributed by atoms with Crippen LogP contribution in [0.5, 0.6) is 0 Å². The normalized spacial score (nSPS) is 13.3. The second kappa shape index (κ2) is 6.02. The lowest BCUT2D eigenvalue weighted by Crippen LogP contribution is -2.49. The molecule has 0 saturated heterocycles. The molecule has 17 heavy (non-hydrogen) atoms. The van der Waals surface area contributed by atoms with E-state index in [9.17, 15) is 4.79 Å². The summed E-state index contributed by atoms with van der Waals surface area (Å²) in [6.45, 7) is 6.01. The molecule has 1 atom stereocenters. The predicted molar refractivity (Wildman–Crippen MR) is 86.8 cm³/mol. The van der Waals surface area contributed by atoms with E-state index in [1.165, 1.54) is 0 Å². The number of carbonyl (C=O) groups excluding carboxylic acids is 1. The summed E-state index contributed by atoms with van der Waals surface area (Å²) in [6.07, 6.45) is 0. The average molecular weight is 475 g/mol. The molecule has 0 aliphatic carbocycles. The first-order valence-electron chi connectivity index (χ1n) is 5.15. The first kappa shape index (κ1) is 15.4. The van der Waals surface area contributed by atoms with Crippen LogP contribution in [0.4, 0.5) is 0 Å². The minimum absolute atomic E-state index is 0.0491. The Hall–Kier alpha value is 0.380. The van der Waals surface area contributed by atoms with Crippen LogP contribution >= 0.6 is 54.5 Å². The van der Waals surface area contributed by atoms with Gasteiger partial charge in [0.05, 0.1) is 5.56 Å². The Labute approximate surface area is 132 Å². The monoisotopic (exact) mass is 473 g/mol. The van der Waals surface area contributed by atoms with E-state index in [4.69, 9.17) is 0 Å². The molecule has 0 saturated carbocycles. The maximum atomic E-state index is 12.2. The summed E-state index contributed by atoms with van der Waals surface area (Å²) in [5.41, 5.74) is 0.406. The van der Waals surface area contributed by atoms with Crippen molar-refractivity contribution in [2.75, 3.05) is 0 Å². The summed E-state index contributed by atoms with van der Waals surface area (Å²) in [7, 11) is 0. The highest BCUT2D eigenvalue weighted by atomic mass is 127. The van der Waals surface area contributed by atoms with E-state index in [2.05, 4.69) is 59.8 Å². The molecule has 1 amide bonds. The van der Waals surface area contributed by atoms with Gasteiger partial charge in [0.2, 0.25) is 0 Å². The van der Waals surface area contributed by atoms with Gasteiger partial charge in [-0.15, -0.1) is 0 Å². The molecule has 0 aliphatic rings. The molecule has 1 unspecified atom stereocenters. The zero-order valence-electron chi connectivity index (χ0n) is 9.85. The minimum Gasteiger partial charge on any atom is -0.346 e. The van der Waals surface area contributed by atoms with Gasteiger partial charge in [0.25, 0.3) is 5.91 Å². The van der Waals surface area contributed by atoms with Gasteiger partial charge in [0.1, 0.15) is 0 Å². The van der Waals surface area contributed by atoms with Crippen LogP contribution in [0.3, 0.4) is 0 Å². The number of hydrogen-bond donors (Lipinski definition) is 1. The Balaban J connectivity index is 2.94. The molecule has 0 fully saturated rings. The number of amides is 1.